The summed E-state index contributed by atoms with van der Waals surface area (Å²) in [7, 11) is 0. The summed E-state index contributed by atoms with van der Waals surface area (Å²) < 4.78 is 0. The lowest BCUT2D eigenvalue weighted by Gasteiger charge is -2.50. The van der Waals surface area contributed by atoms with Crippen LogP contribution in [0.2, 0.25) is 0 Å². The van der Waals surface area contributed by atoms with Crippen LogP contribution < -0.4 is 0 Å². The van der Waals surface area contributed by atoms with Crippen LogP contribution in [0.3, 0.4) is 0 Å². The molecule has 2 saturated carbocycles. The highest BCUT2D eigenvalue weighted by atomic mass is 15.0. The van der Waals surface area contributed by atoms with Gasteiger partial charge in [-0.15, -0.1) is 0 Å². The molecule has 268 valence electrons. The topological polar surface area (TPSA) is 62.5 Å². The Morgan fingerprint density at radius 2 is 0.891 bits per heavy atom. The van der Waals surface area contributed by atoms with Gasteiger partial charge in [-0.25, -0.2) is 15.0 Å². The van der Waals surface area contributed by atoms with Crippen LogP contribution in [0.5, 0.6) is 0 Å². The van der Waals surface area contributed by atoms with Gasteiger partial charge in [0.1, 0.15) is 0 Å². The van der Waals surface area contributed by atoms with Crippen molar-refractivity contribution < 1.29 is 0 Å². The maximum absolute atomic E-state index is 9.37. The van der Waals surface area contributed by atoms with E-state index >= 15 is 0 Å². The molecule has 2 fully saturated rings. The van der Waals surface area contributed by atoms with Crippen molar-refractivity contribution in [3.63, 3.8) is 0 Å². The minimum absolute atomic E-state index is 0.282. The summed E-state index contributed by atoms with van der Waals surface area (Å²) in [6, 6.07) is 55.2. The highest BCUT2D eigenvalue weighted by Gasteiger charge is 2.45. The molecule has 2 aliphatic carbocycles. The first-order valence-corrected chi connectivity index (χ1v) is 19.7. The van der Waals surface area contributed by atoms with E-state index in [1.807, 2.05) is 84.9 Å². The normalized spacial score (nSPS) is 20.4. The molecule has 7 aromatic rings. The molecule has 6 aromatic carbocycles. The molecule has 1 aromatic heterocycles. The monoisotopic (exact) mass is 712 g/mol. The van der Waals surface area contributed by atoms with E-state index in [1.165, 1.54) is 43.2 Å². The molecular formula is C51H44N4. The van der Waals surface area contributed by atoms with Crippen molar-refractivity contribution in [3.05, 3.63) is 163 Å². The molecule has 0 N–H and O–H groups in total. The molecule has 9 rings (SSSR count). The molecule has 4 nitrogen and oxygen atoms in total. The molecule has 2 aliphatic rings. The van der Waals surface area contributed by atoms with Crippen LogP contribution >= 0.6 is 0 Å². The van der Waals surface area contributed by atoms with E-state index in [1.54, 1.807) is 0 Å². The van der Waals surface area contributed by atoms with Gasteiger partial charge in [0.05, 0.1) is 11.6 Å². The number of benzene rings is 6. The fourth-order valence-corrected chi connectivity index (χ4v) is 9.72. The summed E-state index contributed by atoms with van der Waals surface area (Å²) in [6.07, 6.45) is 6.65. The lowest BCUT2D eigenvalue weighted by molar-refractivity contribution is 0.0780. The molecule has 55 heavy (non-hydrogen) atoms. The Hall–Kier alpha value is -6.18. The Balaban J connectivity index is 1.18. The van der Waals surface area contributed by atoms with Crippen LogP contribution in [0, 0.1) is 29.1 Å². The molecule has 0 aliphatic heterocycles. The number of rotatable bonds is 7. The SMILES string of the molecule is C[C@@H]1C[C@@H]2C[C@H](C)CC(c3ccc(-c4cc(-c5cccc(-c6ccc(C#N)cc6)c5)cc(-c5nc(-c6ccccc6)nc(-c6ccccc6)n5)c4)cc3)(C1)C2. The number of fused-ring (bicyclic) bond motifs is 2. The molecule has 1 unspecified atom stereocenters. The third-order valence-electron chi connectivity index (χ3n) is 11.9. The van der Waals surface area contributed by atoms with Gasteiger partial charge in [-0.1, -0.05) is 129 Å². The smallest absolute Gasteiger partial charge is 0.164 e. The largest absolute Gasteiger partial charge is 0.208 e. The van der Waals surface area contributed by atoms with Gasteiger partial charge in [0.2, 0.25) is 0 Å². The minimum atomic E-state index is 0.282. The van der Waals surface area contributed by atoms with E-state index in [2.05, 4.69) is 86.6 Å². The molecule has 4 atom stereocenters. The zero-order valence-corrected chi connectivity index (χ0v) is 31.5. The summed E-state index contributed by atoms with van der Waals surface area (Å²) in [5.41, 5.74) is 11.9. The van der Waals surface area contributed by atoms with Crippen LogP contribution in [0.25, 0.3) is 67.5 Å². The van der Waals surface area contributed by atoms with Gasteiger partial charge in [-0.05, 0) is 131 Å². The Kier molecular flexibility index (Phi) is 9.16. The van der Waals surface area contributed by atoms with Gasteiger partial charge in [-0.2, -0.15) is 5.26 Å². The van der Waals surface area contributed by atoms with Crippen molar-refractivity contribution in [3.8, 4) is 73.6 Å². The number of hydrogen-bond acceptors (Lipinski definition) is 4. The Bertz CT molecular complexity index is 2420. The molecule has 0 amide bonds. The third kappa shape index (κ3) is 7.11. The molecule has 1 heterocycles. The van der Waals surface area contributed by atoms with Gasteiger partial charge < -0.3 is 0 Å². The van der Waals surface area contributed by atoms with E-state index in [-0.39, 0.29) is 5.41 Å². The van der Waals surface area contributed by atoms with Crippen molar-refractivity contribution >= 4 is 0 Å². The molecule has 4 heteroatoms. The number of hydrogen-bond donors (Lipinski definition) is 0. The highest BCUT2D eigenvalue weighted by Crippen LogP contribution is 2.54. The van der Waals surface area contributed by atoms with Crippen molar-refractivity contribution in [2.24, 2.45) is 17.8 Å². The van der Waals surface area contributed by atoms with Crippen LogP contribution in [0.15, 0.2) is 152 Å². The third-order valence-corrected chi connectivity index (χ3v) is 11.9. The van der Waals surface area contributed by atoms with Crippen LogP contribution in [0.1, 0.15) is 57.1 Å². The van der Waals surface area contributed by atoms with E-state index in [0.717, 1.165) is 62.3 Å². The second-order valence-electron chi connectivity index (χ2n) is 16.1. The van der Waals surface area contributed by atoms with Crippen molar-refractivity contribution in [1.82, 2.24) is 15.0 Å². The number of nitriles is 1. The van der Waals surface area contributed by atoms with E-state index < -0.39 is 0 Å². The number of nitrogens with zero attached hydrogens (tertiary/aromatic N) is 4. The summed E-state index contributed by atoms with van der Waals surface area (Å²) in [6.45, 7) is 4.92. The van der Waals surface area contributed by atoms with Crippen molar-refractivity contribution in [2.75, 3.05) is 0 Å². The second-order valence-corrected chi connectivity index (χ2v) is 16.1. The standard InChI is InChI=1S/C51H44N4/c1-34-24-37-25-35(2)31-51(30-34,32-37)47-22-20-39(21-23-47)44-27-45(43-15-9-14-42(26-43)38-18-16-36(33-52)17-19-38)29-46(28-44)50-54-48(40-10-5-3-6-11-40)53-49(55-50)41-12-7-4-8-13-41/h3-23,26-29,34-35,37H,24-25,30-32H2,1-2H3/t34-,35+,37-,51?. The van der Waals surface area contributed by atoms with Crippen LogP contribution in [-0.4, -0.2) is 15.0 Å². The maximum Gasteiger partial charge on any atom is 0.164 e. The van der Waals surface area contributed by atoms with Crippen LogP contribution in [0.4, 0.5) is 0 Å². The predicted octanol–water partition coefficient (Wildman–Crippen LogP) is 12.8. The van der Waals surface area contributed by atoms with Gasteiger partial charge in [0, 0.05) is 16.7 Å². The van der Waals surface area contributed by atoms with Gasteiger partial charge in [0.25, 0.3) is 0 Å². The molecule has 0 saturated heterocycles. The fraction of sp³-hybridized carbons (Fsp3) is 0.216. The quantitative estimate of drug-likeness (QED) is 0.165. The summed E-state index contributed by atoms with van der Waals surface area (Å²) in [5.74, 6) is 4.30. The number of aromatic nitrogens is 3. The molecular weight excluding hydrogens is 669 g/mol. The first-order chi connectivity index (χ1) is 26.9. The van der Waals surface area contributed by atoms with Gasteiger partial charge >= 0.3 is 0 Å². The first kappa shape index (κ1) is 34.6. The molecule has 2 bridgehead atoms. The summed E-state index contributed by atoms with van der Waals surface area (Å²) in [5, 5.41) is 9.37. The van der Waals surface area contributed by atoms with Crippen LogP contribution in [-0.2, 0) is 5.41 Å². The summed E-state index contributed by atoms with van der Waals surface area (Å²) in [4.78, 5) is 15.2. The zero-order valence-electron chi connectivity index (χ0n) is 31.5. The average Bonchev–Trinajstić information content (AvgIpc) is 3.23. The lowest BCUT2D eigenvalue weighted by Crippen LogP contribution is -2.42. The minimum Gasteiger partial charge on any atom is -0.208 e. The second kappa shape index (κ2) is 14.6. The van der Waals surface area contributed by atoms with Crippen molar-refractivity contribution in [2.45, 2.75) is 51.4 Å². The van der Waals surface area contributed by atoms with Gasteiger partial charge in [-0.3, -0.25) is 0 Å². The molecule has 0 spiro atoms. The summed E-state index contributed by atoms with van der Waals surface area (Å²) >= 11 is 0. The Morgan fingerprint density at radius 3 is 1.45 bits per heavy atom. The van der Waals surface area contributed by atoms with E-state index in [0.29, 0.717) is 23.0 Å². The predicted molar refractivity (Wildman–Crippen MR) is 224 cm³/mol. The first-order valence-electron chi connectivity index (χ1n) is 19.7. The highest BCUT2D eigenvalue weighted by molar-refractivity contribution is 5.82. The Labute approximate surface area is 324 Å². The van der Waals surface area contributed by atoms with E-state index in [4.69, 9.17) is 15.0 Å². The Morgan fingerprint density at radius 1 is 0.455 bits per heavy atom. The average molecular weight is 713 g/mol. The molecule has 0 radical (unpaired) electrons. The zero-order chi connectivity index (χ0) is 37.4. The fourth-order valence-electron chi connectivity index (χ4n) is 9.72. The van der Waals surface area contributed by atoms with E-state index in [9.17, 15) is 5.26 Å². The lowest BCUT2D eigenvalue weighted by atomic mass is 9.54. The maximum atomic E-state index is 9.37. The van der Waals surface area contributed by atoms with Gasteiger partial charge in [0.15, 0.2) is 17.5 Å². The van der Waals surface area contributed by atoms with Crippen molar-refractivity contribution in [1.29, 1.82) is 5.26 Å².